The molecular weight excluding hydrogens is 228 g/mol. The number of carbonyl (C=O) groups is 1. The van der Waals surface area contributed by atoms with E-state index in [9.17, 15) is 4.79 Å². The molecule has 0 spiro atoms. The number of rotatable bonds is 3. The number of Topliss-reactive ketones (excluding diaryl/α,β-unsaturated/α-hetero) is 1. The second kappa shape index (κ2) is 5.15. The SMILES string of the molecule is C#C[C@H]1CC(=O)C[C@@H](c2cn(C)nn2)N1CC=C. The van der Waals surface area contributed by atoms with Crippen LogP contribution in [-0.4, -0.2) is 38.3 Å². The van der Waals surface area contributed by atoms with E-state index in [1.165, 1.54) is 0 Å². The van der Waals surface area contributed by atoms with Gasteiger partial charge in [0.25, 0.3) is 0 Å². The van der Waals surface area contributed by atoms with E-state index in [1.54, 1.807) is 17.8 Å². The van der Waals surface area contributed by atoms with Gasteiger partial charge in [0.1, 0.15) is 11.5 Å². The molecule has 1 aromatic heterocycles. The molecule has 0 aromatic carbocycles. The Labute approximate surface area is 106 Å². The molecule has 18 heavy (non-hydrogen) atoms. The van der Waals surface area contributed by atoms with Gasteiger partial charge in [-0.2, -0.15) is 0 Å². The highest BCUT2D eigenvalue weighted by Gasteiger charge is 2.35. The van der Waals surface area contributed by atoms with E-state index in [4.69, 9.17) is 6.42 Å². The minimum absolute atomic E-state index is 0.0981. The van der Waals surface area contributed by atoms with Crippen molar-refractivity contribution in [2.24, 2.45) is 7.05 Å². The van der Waals surface area contributed by atoms with E-state index in [-0.39, 0.29) is 17.9 Å². The molecule has 1 aromatic rings. The summed E-state index contributed by atoms with van der Waals surface area (Å²) < 4.78 is 1.63. The second-order valence-corrected chi connectivity index (χ2v) is 4.45. The molecule has 0 aliphatic carbocycles. The minimum Gasteiger partial charge on any atom is -0.300 e. The zero-order valence-corrected chi connectivity index (χ0v) is 10.4. The van der Waals surface area contributed by atoms with E-state index in [1.807, 2.05) is 6.20 Å². The number of nitrogens with zero attached hydrogens (tertiary/aromatic N) is 4. The summed E-state index contributed by atoms with van der Waals surface area (Å²) in [7, 11) is 1.80. The third-order valence-electron chi connectivity index (χ3n) is 3.14. The van der Waals surface area contributed by atoms with Gasteiger partial charge in [0, 0.05) is 32.6 Å². The molecule has 5 heteroatoms. The lowest BCUT2D eigenvalue weighted by Crippen LogP contribution is -2.44. The second-order valence-electron chi connectivity index (χ2n) is 4.45. The number of hydrogen-bond donors (Lipinski definition) is 0. The van der Waals surface area contributed by atoms with Crippen LogP contribution in [0, 0.1) is 12.3 Å². The Kier molecular flexibility index (Phi) is 3.58. The molecule has 2 heterocycles. The molecule has 1 aliphatic heterocycles. The smallest absolute Gasteiger partial charge is 0.137 e. The van der Waals surface area contributed by atoms with Gasteiger partial charge in [-0.15, -0.1) is 18.1 Å². The summed E-state index contributed by atoms with van der Waals surface area (Å²) in [6.45, 7) is 4.38. The Morgan fingerprint density at radius 2 is 2.44 bits per heavy atom. The van der Waals surface area contributed by atoms with Crippen molar-refractivity contribution in [3.05, 3.63) is 24.5 Å². The first-order chi connectivity index (χ1) is 8.65. The van der Waals surface area contributed by atoms with Gasteiger partial charge >= 0.3 is 0 Å². The summed E-state index contributed by atoms with van der Waals surface area (Å²) in [5, 5.41) is 8.00. The molecule has 1 aliphatic rings. The Morgan fingerprint density at radius 1 is 1.67 bits per heavy atom. The fraction of sp³-hybridized carbons (Fsp3) is 0.462. The predicted molar refractivity (Wildman–Crippen MR) is 67.5 cm³/mol. The highest BCUT2D eigenvalue weighted by molar-refractivity contribution is 5.81. The van der Waals surface area contributed by atoms with Crippen molar-refractivity contribution in [1.29, 1.82) is 0 Å². The van der Waals surface area contributed by atoms with E-state index in [0.717, 1.165) is 5.69 Å². The zero-order valence-electron chi connectivity index (χ0n) is 10.4. The molecule has 0 bridgehead atoms. The van der Waals surface area contributed by atoms with Gasteiger partial charge in [-0.3, -0.25) is 14.4 Å². The quantitative estimate of drug-likeness (QED) is 0.580. The van der Waals surface area contributed by atoms with Crippen molar-refractivity contribution in [2.45, 2.75) is 24.9 Å². The van der Waals surface area contributed by atoms with Crippen LogP contribution in [-0.2, 0) is 11.8 Å². The molecule has 5 nitrogen and oxygen atoms in total. The number of aromatic nitrogens is 3. The lowest BCUT2D eigenvalue weighted by molar-refractivity contribution is -0.124. The summed E-state index contributed by atoms with van der Waals surface area (Å²) >= 11 is 0. The highest BCUT2D eigenvalue weighted by Crippen LogP contribution is 2.31. The summed E-state index contributed by atoms with van der Waals surface area (Å²) in [6, 6.07) is -0.282. The maximum Gasteiger partial charge on any atom is 0.137 e. The highest BCUT2D eigenvalue weighted by atomic mass is 16.1. The number of ketones is 1. The van der Waals surface area contributed by atoms with Gasteiger partial charge in [0.05, 0.1) is 12.1 Å². The first-order valence-corrected chi connectivity index (χ1v) is 5.86. The fourth-order valence-corrected chi connectivity index (χ4v) is 2.32. The van der Waals surface area contributed by atoms with E-state index in [0.29, 0.717) is 19.4 Å². The Morgan fingerprint density at radius 3 is 3.00 bits per heavy atom. The van der Waals surface area contributed by atoms with Crippen molar-refractivity contribution in [3.63, 3.8) is 0 Å². The van der Waals surface area contributed by atoms with Crippen LogP contribution in [0.25, 0.3) is 0 Å². The molecule has 2 rings (SSSR count). The number of likely N-dealkylation sites (tertiary alicyclic amines) is 1. The Hall–Kier alpha value is -1.93. The molecule has 0 N–H and O–H groups in total. The van der Waals surface area contributed by atoms with E-state index >= 15 is 0 Å². The van der Waals surface area contributed by atoms with Crippen molar-refractivity contribution < 1.29 is 4.79 Å². The number of carbonyl (C=O) groups excluding carboxylic acids is 1. The van der Waals surface area contributed by atoms with Crippen LogP contribution in [0.2, 0.25) is 0 Å². The monoisotopic (exact) mass is 244 g/mol. The van der Waals surface area contributed by atoms with E-state index in [2.05, 4.69) is 27.7 Å². The van der Waals surface area contributed by atoms with Gasteiger partial charge in [-0.25, -0.2) is 0 Å². The lowest BCUT2D eigenvalue weighted by Gasteiger charge is -2.37. The van der Waals surface area contributed by atoms with Crippen molar-refractivity contribution in [1.82, 2.24) is 19.9 Å². The standard InChI is InChI=1S/C13H16N4O/c1-4-6-17-10(5-2)7-11(18)8-13(17)12-9-16(3)15-14-12/h2,4,9-10,13H,1,6-8H2,3H3/t10-,13-/m0/s1. The van der Waals surface area contributed by atoms with Crippen LogP contribution in [0.3, 0.4) is 0 Å². The summed E-state index contributed by atoms with van der Waals surface area (Å²) in [5.74, 6) is 2.85. The summed E-state index contributed by atoms with van der Waals surface area (Å²) in [6.07, 6.45) is 9.97. The average Bonchev–Trinajstić information content (AvgIpc) is 2.77. The van der Waals surface area contributed by atoms with Crippen molar-refractivity contribution >= 4 is 5.78 Å². The molecule has 0 unspecified atom stereocenters. The largest absolute Gasteiger partial charge is 0.300 e. The summed E-state index contributed by atoms with van der Waals surface area (Å²) in [5.41, 5.74) is 0.785. The number of terminal acetylenes is 1. The molecule has 1 fully saturated rings. The van der Waals surface area contributed by atoms with Gasteiger partial charge in [-0.05, 0) is 0 Å². The Balaban J connectivity index is 2.31. The number of piperidine rings is 1. The van der Waals surface area contributed by atoms with Crippen LogP contribution >= 0.6 is 0 Å². The van der Waals surface area contributed by atoms with Gasteiger partial charge in [-0.1, -0.05) is 17.2 Å². The van der Waals surface area contributed by atoms with Gasteiger partial charge in [0.15, 0.2) is 0 Å². The summed E-state index contributed by atoms with van der Waals surface area (Å²) in [4.78, 5) is 13.9. The lowest BCUT2D eigenvalue weighted by atomic mass is 9.93. The average molecular weight is 244 g/mol. The van der Waals surface area contributed by atoms with Crippen LogP contribution in [0.5, 0.6) is 0 Å². The van der Waals surface area contributed by atoms with Crippen molar-refractivity contribution in [2.75, 3.05) is 6.54 Å². The first kappa shape index (κ1) is 12.5. The number of aryl methyl sites for hydroxylation is 1. The first-order valence-electron chi connectivity index (χ1n) is 5.86. The van der Waals surface area contributed by atoms with E-state index < -0.39 is 0 Å². The maximum absolute atomic E-state index is 11.8. The third-order valence-corrected chi connectivity index (χ3v) is 3.14. The molecule has 2 atom stereocenters. The molecule has 94 valence electrons. The number of hydrogen-bond acceptors (Lipinski definition) is 4. The topological polar surface area (TPSA) is 51.0 Å². The third kappa shape index (κ3) is 2.34. The fourth-order valence-electron chi connectivity index (χ4n) is 2.32. The van der Waals surface area contributed by atoms with Gasteiger partial charge < -0.3 is 0 Å². The normalized spacial score (nSPS) is 24.8. The molecule has 0 amide bonds. The van der Waals surface area contributed by atoms with Gasteiger partial charge in [0.2, 0.25) is 0 Å². The van der Waals surface area contributed by atoms with Crippen LogP contribution < -0.4 is 0 Å². The zero-order chi connectivity index (χ0) is 13.1. The molecular formula is C13H16N4O. The van der Waals surface area contributed by atoms with Crippen LogP contribution in [0.1, 0.15) is 24.6 Å². The maximum atomic E-state index is 11.8. The Bertz CT molecular complexity index is 499. The van der Waals surface area contributed by atoms with Crippen molar-refractivity contribution in [3.8, 4) is 12.3 Å². The molecule has 1 saturated heterocycles. The predicted octanol–water partition coefficient (Wildman–Crippen LogP) is 0.709. The van der Waals surface area contributed by atoms with Crippen LogP contribution in [0.4, 0.5) is 0 Å². The van der Waals surface area contributed by atoms with Crippen LogP contribution in [0.15, 0.2) is 18.9 Å². The minimum atomic E-state index is -0.184. The molecule has 0 radical (unpaired) electrons. The molecule has 0 saturated carbocycles.